The number of carbonyl (C=O) groups excluding carboxylic acids is 1. The number of benzene rings is 3. The van der Waals surface area contributed by atoms with Crippen LogP contribution in [0.5, 0.6) is 23.0 Å². The van der Waals surface area contributed by atoms with Gasteiger partial charge in [-0.1, -0.05) is 13.0 Å². The molecule has 6 atom stereocenters. The Morgan fingerprint density at radius 2 is 1.64 bits per heavy atom. The Balaban J connectivity index is 0.000000203. The Morgan fingerprint density at radius 3 is 2.27 bits per heavy atom. The number of aliphatic hydroxyl groups excluding tert-OH is 1. The second-order valence-electron chi connectivity index (χ2n) is 12.3. The number of fused-ring (bicyclic) bond motifs is 5. The van der Waals surface area contributed by atoms with Crippen molar-refractivity contribution >= 4 is 96.3 Å². The topological polar surface area (TPSA) is 136 Å². The fraction of sp³-hybridized carbons (Fsp3) is 0.424. The number of aryl methyl sites for hydroxylation is 1. The smallest absolute Gasteiger partial charge is 0.548 e. The van der Waals surface area contributed by atoms with E-state index in [9.17, 15) is 25.2 Å². The van der Waals surface area contributed by atoms with Crippen LogP contribution in [-0.2, 0) is 17.6 Å². The molecule has 0 radical (unpaired) electrons. The van der Waals surface area contributed by atoms with Gasteiger partial charge in [0.1, 0.15) is 17.2 Å². The molecule has 3 aromatic carbocycles. The number of hydrogen-bond acceptors (Lipinski definition) is 7. The summed E-state index contributed by atoms with van der Waals surface area (Å²) < 4.78 is 9.07. The molecule has 2 saturated carbocycles. The van der Waals surface area contributed by atoms with E-state index in [1.54, 1.807) is 12.1 Å². The molecule has 6 rings (SSSR count). The maximum absolute atomic E-state index is 10.8. The molecule has 2 fully saturated rings. The molecule has 45 heavy (non-hydrogen) atoms. The molecule has 3 aliphatic carbocycles. The zero-order valence-electron chi connectivity index (χ0n) is 25.0. The summed E-state index contributed by atoms with van der Waals surface area (Å²) in [5.74, 6) is 2.76. The van der Waals surface area contributed by atoms with Crippen LogP contribution in [0.4, 0.5) is 0 Å². The van der Waals surface area contributed by atoms with Crippen molar-refractivity contribution in [1.82, 2.24) is 0 Å². The molecule has 0 bridgehead atoms. The number of aliphatic hydroxyl groups is 1. The molecule has 0 aliphatic heterocycles. The van der Waals surface area contributed by atoms with Crippen LogP contribution >= 0.6 is 90.4 Å². The molecule has 236 valence electrons. The third-order valence-electron chi connectivity index (χ3n) is 9.69. The fourth-order valence-electron chi connectivity index (χ4n) is 7.43. The van der Waals surface area contributed by atoms with Gasteiger partial charge in [-0.3, -0.25) is 0 Å². The van der Waals surface area contributed by atoms with Gasteiger partial charge in [-0.05, 0) is 212 Å². The van der Waals surface area contributed by atoms with Gasteiger partial charge in [0.25, 0.3) is 0 Å². The molecule has 0 unspecified atom stereocenters. The van der Waals surface area contributed by atoms with Crippen molar-refractivity contribution in [3.63, 3.8) is 0 Å². The number of phenolic OH excluding ortho intramolecular Hbond substituents is 2. The van der Waals surface area contributed by atoms with Crippen LogP contribution in [0.25, 0.3) is 0 Å². The molecule has 0 amide bonds. The predicted molar refractivity (Wildman–Crippen MR) is 201 cm³/mol. The van der Waals surface area contributed by atoms with E-state index in [0.717, 1.165) is 37.9 Å². The zero-order chi connectivity index (χ0) is 31.9. The standard InChI is InChI=1S/C18H24O2.C15H11I4NO4.Na/c1-18-9-8-14-13-5-3-12(19)10-11(13)2-4-15(14)16(18)6-7-17(18)20;16-8-4-7(5-9(17)13(8)21)24-14-10(18)1-6(2-11(14)19)3-12(20)15(22)23;/h3,5,10,14-17,19-20H,2,4,6-9H2,1H3;1-2,4-5,12,21H,3,20H2,(H,22,23);/q;;+1/p-1/t14-,15-,16+,17+,18+;12-;/m10./s1. The van der Waals surface area contributed by atoms with Crippen molar-refractivity contribution in [3.8, 4) is 23.0 Å². The Kier molecular flexibility index (Phi) is 13.5. The van der Waals surface area contributed by atoms with Crippen LogP contribution in [0.2, 0.25) is 0 Å². The van der Waals surface area contributed by atoms with Crippen LogP contribution in [0.3, 0.4) is 0 Å². The maximum Gasteiger partial charge on any atom is 1.00 e. The van der Waals surface area contributed by atoms with E-state index in [1.807, 2.05) is 69.4 Å². The van der Waals surface area contributed by atoms with Gasteiger partial charge in [-0.15, -0.1) is 0 Å². The zero-order valence-corrected chi connectivity index (χ0v) is 35.7. The SMILES string of the molecule is C[C@]12CC[C@@H]3c4ccc(O)cc4CC[C@H]3[C@@H]1CC[C@@H]2O.N[C@@H](Cc1cc(I)c(Oc2cc(I)c(O)c(I)c2)c(I)c1)C(=O)[O-].[Na+]. The number of hydrogen-bond donors (Lipinski definition) is 4. The molecule has 3 aromatic rings. The van der Waals surface area contributed by atoms with Gasteiger partial charge in [0, 0.05) is 6.04 Å². The number of aromatic hydroxyl groups is 2. The Bertz CT molecular complexity index is 1530. The van der Waals surface area contributed by atoms with Crippen LogP contribution < -0.4 is 45.1 Å². The Morgan fingerprint density at radius 1 is 1.00 bits per heavy atom. The summed E-state index contributed by atoms with van der Waals surface area (Å²) in [5, 5.41) is 40.7. The summed E-state index contributed by atoms with van der Waals surface area (Å²) in [6.45, 7) is 2.32. The van der Waals surface area contributed by atoms with Crippen molar-refractivity contribution in [3.05, 3.63) is 73.4 Å². The first-order chi connectivity index (χ1) is 20.8. The second kappa shape index (κ2) is 15.9. The number of phenols is 2. The summed E-state index contributed by atoms with van der Waals surface area (Å²) in [4.78, 5) is 10.8. The molecule has 0 aromatic heterocycles. The number of rotatable bonds is 5. The van der Waals surface area contributed by atoms with Crippen molar-refractivity contribution in [2.24, 2.45) is 23.0 Å². The van der Waals surface area contributed by atoms with Gasteiger partial charge in [-0.25, -0.2) is 0 Å². The molecule has 0 saturated heterocycles. The second-order valence-corrected chi connectivity index (χ2v) is 16.9. The maximum atomic E-state index is 10.8. The number of carbonyl (C=O) groups is 1. The molecular weight excluding hydrogens is 1040 g/mol. The predicted octanol–water partition coefficient (Wildman–Crippen LogP) is 3.84. The molecular formula is C33H34I4NNaO6. The van der Waals surface area contributed by atoms with Crippen LogP contribution in [0.15, 0.2) is 42.5 Å². The number of nitrogens with two attached hydrogens (primary N) is 1. The van der Waals surface area contributed by atoms with Gasteiger partial charge >= 0.3 is 29.6 Å². The monoisotopic (exact) mass is 1070 g/mol. The summed E-state index contributed by atoms with van der Waals surface area (Å²) in [5.41, 5.74) is 9.33. The van der Waals surface area contributed by atoms with E-state index < -0.39 is 12.0 Å². The molecule has 0 heterocycles. The number of carboxylic acids is 1. The average molecular weight is 1070 g/mol. The summed E-state index contributed by atoms with van der Waals surface area (Å²) >= 11 is 8.37. The van der Waals surface area contributed by atoms with E-state index in [2.05, 4.69) is 58.2 Å². The third kappa shape index (κ3) is 8.40. The molecule has 5 N–H and O–H groups in total. The van der Waals surface area contributed by atoms with E-state index in [1.165, 1.54) is 30.4 Å². The Labute approximate surface area is 340 Å². The van der Waals surface area contributed by atoms with Crippen LogP contribution in [0.1, 0.15) is 61.6 Å². The van der Waals surface area contributed by atoms with Gasteiger partial charge in [0.15, 0.2) is 5.75 Å². The molecule has 12 heteroatoms. The minimum Gasteiger partial charge on any atom is -0.548 e. The average Bonchev–Trinajstić information content (AvgIpc) is 3.27. The normalized spacial score (nSPS) is 25.4. The minimum absolute atomic E-state index is 0. The largest absolute Gasteiger partial charge is 1.00 e. The first kappa shape index (κ1) is 38.2. The van der Waals surface area contributed by atoms with Crippen molar-refractivity contribution in [1.29, 1.82) is 0 Å². The van der Waals surface area contributed by atoms with Crippen LogP contribution in [-0.4, -0.2) is 33.4 Å². The Hall–Kier alpha value is 0.370. The number of aliphatic carboxylic acids is 1. The van der Waals surface area contributed by atoms with E-state index in [0.29, 0.717) is 36.2 Å². The summed E-state index contributed by atoms with van der Waals surface area (Å²) in [7, 11) is 0. The van der Waals surface area contributed by atoms with Crippen molar-refractivity contribution in [2.75, 3.05) is 0 Å². The van der Waals surface area contributed by atoms with Crippen LogP contribution in [0, 0.1) is 31.5 Å². The first-order valence-electron chi connectivity index (χ1n) is 14.6. The quantitative estimate of drug-likeness (QED) is 0.226. The van der Waals surface area contributed by atoms with Gasteiger partial charge < -0.3 is 35.7 Å². The van der Waals surface area contributed by atoms with Gasteiger partial charge in [0.05, 0.1) is 26.4 Å². The van der Waals surface area contributed by atoms with Crippen molar-refractivity contribution < 1.29 is 59.5 Å². The summed E-state index contributed by atoms with van der Waals surface area (Å²) in [6, 6.07) is 12.1. The summed E-state index contributed by atoms with van der Waals surface area (Å²) in [6.07, 6.45) is 6.98. The molecule has 0 spiro atoms. The minimum atomic E-state index is -1.27. The van der Waals surface area contributed by atoms with E-state index in [4.69, 9.17) is 10.5 Å². The first-order valence-corrected chi connectivity index (χ1v) is 18.9. The van der Waals surface area contributed by atoms with Crippen molar-refractivity contribution in [2.45, 2.75) is 69.9 Å². The fourth-order valence-corrected chi connectivity index (χ4v) is 11.3. The number of halogens is 4. The molecule has 3 aliphatic rings. The van der Waals surface area contributed by atoms with E-state index >= 15 is 0 Å². The number of carboxylic acid groups (broad SMARTS) is 1. The molecule has 7 nitrogen and oxygen atoms in total. The number of ether oxygens (including phenoxy) is 1. The third-order valence-corrected chi connectivity index (χ3v) is 12.9. The van der Waals surface area contributed by atoms with E-state index in [-0.39, 0.29) is 53.2 Å². The van der Waals surface area contributed by atoms with Gasteiger partial charge in [0.2, 0.25) is 0 Å². The van der Waals surface area contributed by atoms with Gasteiger partial charge in [-0.2, -0.15) is 0 Å².